The number of allylic oxidation sites excluding steroid dienone is 1. The average molecular weight is 383 g/mol. The lowest BCUT2D eigenvalue weighted by atomic mass is 10.00. The first-order valence-electron chi connectivity index (χ1n) is 9.51. The predicted octanol–water partition coefficient (Wildman–Crippen LogP) is 2.75. The van der Waals surface area contributed by atoms with Crippen molar-refractivity contribution >= 4 is 12.0 Å². The zero-order valence-corrected chi connectivity index (χ0v) is 17.0. The van der Waals surface area contributed by atoms with Gasteiger partial charge < -0.3 is 24.8 Å². The van der Waals surface area contributed by atoms with Gasteiger partial charge in [0.05, 0.1) is 6.04 Å². The summed E-state index contributed by atoms with van der Waals surface area (Å²) in [4.78, 5) is 26.4. The minimum absolute atomic E-state index is 0.0623. The number of carbonyl (C=O) groups excluding carboxylic acids is 2. The number of alkyl carbamates (subject to hydrolysis) is 1. The van der Waals surface area contributed by atoms with E-state index in [4.69, 9.17) is 14.6 Å². The highest BCUT2D eigenvalue weighted by Gasteiger charge is 2.25. The molecule has 0 radical (unpaired) electrons. The van der Waals surface area contributed by atoms with Crippen LogP contribution in [-0.2, 0) is 14.3 Å². The van der Waals surface area contributed by atoms with E-state index in [1.54, 1.807) is 12.0 Å². The minimum atomic E-state index is -0.589. The maximum Gasteiger partial charge on any atom is 0.408 e. The van der Waals surface area contributed by atoms with Gasteiger partial charge in [-0.25, -0.2) is 4.79 Å². The number of unbranched alkanes of at least 4 members (excludes halogenated alkanes) is 2. The van der Waals surface area contributed by atoms with E-state index in [2.05, 4.69) is 5.32 Å². The minimum Gasteiger partial charge on any atom is -0.444 e. The van der Waals surface area contributed by atoms with Gasteiger partial charge in [-0.2, -0.15) is 0 Å². The summed E-state index contributed by atoms with van der Waals surface area (Å²) >= 11 is 0. The summed E-state index contributed by atoms with van der Waals surface area (Å²) < 4.78 is 10.4. The molecule has 0 unspecified atom stereocenters. The average Bonchev–Trinajstić information content (AvgIpc) is 2.56. The topological polar surface area (TPSA) is 88.1 Å². The van der Waals surface area contributed by atoms with Crippen LogP contribution in [0.25, 0.3) is 0 Å². The highest BCUT2D eigenvalue weighted by Crippen LogP contribution is 2.18. The van der Waals surface area contributed by atoms with Gasteiger partial charge in [0, 0.05) is 32.3 Å². The summed E-state index contributed by atoms with van der Waals surface area (Å²) in [6, 6.07) is -0.341. The van der Waals surface area contributed by atoms with Crippen LogP contribution in [0.3, 0.4) is 0 Å². The molecule has 1 aliphatic rings. The van der Waals surface area contributed by atoms with E-state index in [1.807, 2.05) is 39.0 Å². The molecule has 2 amide bonds. The van der Waals surface area contributed by atoms with Crippen molar-refractivity contribution < 1.29 is 24.2 Å². The number of methoxy groups -OCH3 is 1. The lowest BCUT2D eigenvalue weighted by Gasteiger charge is -2.28. The fourth-order valence-electron chi connectivity index (χ4n) is 2.73. The number of carbonyl (C=O) groups is 2. The van der Waals surface area contributed by atoms with E-state index in [-0.39, 0.29) is 25.3 Å². The first-order chi connectivity index (χ1) is 12.8. The van der Waals surface area contributed by atoms with Gasteiger partial charge in [0.1, 0.15) is 12.3 Å². The third-order valence-electron chi connectivity index (χ3n) is 3.93. The molecular weight excluding hydrogens is 348 g/mol. The lowest BCUT2D eigenvalue weighted by molar-refractivity contribution is -0.132. The molecule has 154 valence electrons. The Balaban J connectivity index is 2.76. The summed E-state index contributed by atoms with van der Waals surface area (Å²) in [5, 5.41) is 11.7. The number of nitrogens with zero attached hydrogens (tertiary/aromatic N) is 1. The van der Waals surface area contributed by atoms with E-state index in [9.17, 15) is 9.59 Å². The van der Waals surface area contributed by atoms with Gasteiger partial charge in [-0.05, 0) is 46.5 Å². The molecule has 1 rings (SSSR count). The van der Waals surface area contributed by atoms with E-state index in [1.165, 1.54) is 0 Å². The Hall–Kier alpha value is -1.86. The van der Waals surface area contributed by atoms with Crippen LogP contribution in [0.1, 0.15) is 52.9 Å². The summed E-state index contributed by atoms with van der Waals surface area (Å²) in [6.07, 6.45) is 8.86. The SMILES string of the molecule is COCN1CCC=C(C[C@H](/C=C\CCCCO)NC(=O)OC(C)(C)C)C1=O. The number of amides is 2. The Morgan fingerprint density at radius 1 is 1.41 bits per heavy atom. The largest absolute Gasteiger partial charge is 0.444 e. The monoisotopic (exact) mass is 382 g/mol. The number of nitrogens with one attached hydrogen (secondary N) is 1. The molecule has 0 aromatic carbocycles. The van der Waals surface area contributed by atoms with Crippen LogP contribution in [-0.4, -0.2) is 60.6 Å². The van der Waals surface area contributed by atoms with Gasteiger partial charge in [0.15, 0.2) is 0 Å². The molecule has 0 spiro atoms. The molecule has 0 saturated carbocycles. The lowest BCUT2D eigenvalue weighted by Crippen LogP contribution is -2.41. The molecule has 0 aromatic rings. The van der Waals surface area contributed by atoms with Crippen LogP contribution in [0.4, 0.5) is 4.79 Å². The number of hydrogen-bond acceptors (Lipinski definition) is 5. The summed E-state index contributed by atoms with van der Waals surface area (Å²) in [5.74, 6) is -0.0623. The molecule has 7 nitrogen and oxygen atoms in total. The van der Waals surface area contributed by atoms with Gasteiger partial charge in [-0.15, -0.1) is 0 Å². The molecule has 1 aliphatic heterocycles. The molecule has 0 saturated heterocycles. The van der Waals surface area contributed by atoms with Crippen LogP contribution in [0.5, 0.6) is 0 Å². The Bertz CT molecular complexity index is 537. The van der Waals surface area contributed by atoms with E-state index >= 15 is 0 Å². The molecule has 1 atom stereocenters. The third kappa shape index (κ3) is 9.58. The first kappa shape index (κ1) is 23.2. The van der Waals surface area contributed by atoms with Crippen LogP contribution >= 0.6 is 0 Å². The third-order valence-corrected chi connectivity index (χ3v) is 3.93. The second-order valence-electron chi connectivity index (χ2n) is 7.61. The molecule has 0 aromatic heterocycles. The predicted molar refractivity (Wildman–Crippen MR) is 104 cm³/mol. The van der Waals surface area contributed by atoms with Crippen molar-refractivity contribution in [2.24, 2.45) is 0 Å². The molecule has 0 fully saturated rings. The highest BCUT2D eigenvalue weighted by atomic mass is 16.6. The van der Waals surface area contributed by atoms with Gasteiger partial charge in [0.25, 0.3) is 5.91 Å². The zero-order valence-electron chi connectivity index (χ0n) is 17.0. The molecule has 1 heterocycles. The van der Waals surface area contributed by atoms with Gasteiger partial charge in [0.2, 0.25) is 0 Å². The molecule has 0 bridgehead atoms. The number of aliphatic hydroxyl groups is 1. The number of ether oxygens (including phenoxy) is 2. The molecular formula is C20H34N2O5. The van der Waals surface area contributed by atoms with Crippen molar-refractivity contribution in [2.45, 2.75) is 64.5 Å². The van der Waals surface area contributed by atoms with Gasteiger partial charge >= 0.3 is 6.09 Å². The maximum absolute atomic E-state index is 12.6. The number of aliphatic hydroxyl groups excluding tert-OH is 1. The Kier molecular flexibility index (Phi) is 10.1. The second kappa shape index (κ2) is 11.8. The molecule has 7 heteroatoms. The van der Waals surface area contributed by atoms with Gasteiger partial charge in [-0.1, -0.05) is 18.2 Å². The zero-order chi connectivity index (χ0) is 20.3. The summed E-state index contributed by atoms with van der Waals surface area (Å²) in [7, 11) is 1.56. The van der Waals surface area contributed by atoms with Gasteiger partial charge in [-0.3, -0.25) is 4.79 Å². The maximum atomic E-state index is 12.6. The van der Waals surface area contributed by atoms with Crippen LogP contribution in [0.15, 0.2) is 23.8 Å². The Morgan fingerprint density at radius 3 is 2.78 bits per heavy atom. The number of rotatable bonds is 10. The van der Waals surface area contributed by atoms with Crippen LogP contribution in [0.2, 0.25) is 0 Å². The fraction of sp³-hybridized carbons (Fsp3) is 0.700. The van der Waals surface area contributed by atoms with Crippen molar-refractivity contribution in [3.63, 3.8) is 0 Å². The van der Waals surface area contributed by atoms with Crippen molar-refractivity contribution in [1.29, 1.82) is 0 Å². The number of hydrogen-bond donors (Lipinski definition) is 2. The van der Waals surface area contributed by atoms with Crippen molar-refractivity contribution in [3.05, 3.63) is 23.8 Å². The van der Waals surface area contributed by atoms with E-state index in [0.717, 1.165) is 25.7 Å². The standard InChI is InChI=1S/C20H34N2O5/c1-20(2,3)27-19(25)21-17(11-7-5-6-8-13-23)14-16-10-9-12-22(15-26-4)18(16)24/h7,10-11,17,23H,5-6,8-9,12-15H2,1-4H3,(H,21,25)/b11-7-/t17-/m0/s1. The van der Waals surface area contributed by atoms with Crippen molar-refractivity contribution in [1.82, 2.24) is 10.2 Å². The normalized spacial score (nSPS) is 16.4. The second-order valence-corrected chi connectivity index (χ2v) is 7.61. The highest BCUT2D eigenvalue weighted by molar-refractivity contribution is 5.94. The quantitative estimate of drug-likeness (QED) is 0.448. The Labute approximate surface area is 162 Å². The van der Waals surface area contributed by atoms with Crippen molar-refractivity contribution in [2.75, 3.05) is 27.0 Å². The molecule has 27 heavy (non-hydrogen) atoms. The smallest absolute Gasteiger partial charge is 0.408 e. The van der Waals surface area contributed by atoms with Crippen LogP contribution < -0.4 is 5.32 Å². The summed E-state index contributed by atoms with van der Waals surface area (Å²) in [6.45, 7) is 6.49. The molecule has 0 aliphatic carbocycles. The van der Waals surface area contributed by atoms with E-state index < -0.39 is 11.7 Å². The fourth-order valence-corrected chi connectivity index (χ4v) is 2.73. The van der Waals surface area contributed by atoms with E-state index in [0.29, 0.717) is 18.5 Å². The Morgan fingerprint density at radius 2 is 2.15 bits per heavy atom. The summed E-state index contributed by atoms with van der Waals surface area (Å²) in [5.41, 5.74) is 0.0775. The molecule has 2 N–H and O–H groups in total. The first-order valence-corrected chi connectivity index (χ1v) is 9.51. The van der Waals surface area contributed by atoms with Crippen LogP contribution in [0, 0.1) is 0 Å². The van der Waals surface area contributed by atoms with Crippen molar-refractivity contribution in [3.8, 4) is 0 Å².